The Morgan fingerprint density at radius 1 is 1.75 bits per heavy atom. The summed E-state index contributed by atoms with van der Waals surface area (Å²) in [7, 11) is 0. The summed E-state index contributed by atoms with van der Waals surface area (Å²) < 4.78 is 4.77. The van der Waals surface area contributed by atoms with Gasteiger partial charge in [0.25, 0.3) is 0 Å². The minimum Gasteiger partial charge on any atom is -0.376 e. The molecule has 8 heavy (non-hydrogen) atoms. The fourth-order valence-corrected chi connectivity index (χ4v) is 0.416. The number of hydrogen-bond donors (Lipinski definition) is 0. The largest absolute Gasteiger partial charge is 0.376 e. The van der Waals surface area contributed by atoms with E-state index >= 15 is 0 Å². The number of hydrogen-bond acceptors (Lipinski definition) is 1. The van der Waals surface area contributed by atoms with Crippen molar-refractivity contribution in [2.45, 2.75) is 19.4 Å². The van der Waals surface area contributed by atoms with Crippen molar-refractivity contribution in [3.05, 3.63) is 6.92 Å². The first-order chi connectivity index (χ1) is 3.93. The topological polar surface area (TPSA) is 29.1 Å². The first-order valence-corrected chi connectivity index (χ1v) is 2.84. The second-order valence-corrected chi connectivity index (χ2v) is 1.45. The van der Waals surface area contributed by atoms with Crippen molar-refractivity contribution in [2.24, 2.45) is 0 Å². The Hall–Kier alpha value is -0.0800. The molecule has 2 heteroatoms. The van der Waals surface area contributed by atoms with Crippen LogP contribution in [-0.4, -0.2) is 19.3 Å². The minimum atomic E-state index is -0.0556. The monoisotopic (exact) mass is 116 g/mol. The molecule has 1 fully saturated rings. The van der Waals surface area contributed by atoms with Gasteiger partial charge < -0.3 is 4.74 Å². The molecule has 0 saturated carbocycles. The van der Waals surface area contributed by atoms with E-state index in [1.54, 1.807) is 6.92 Å². The van der Waals surface area contributed by atoms with Crippen molar-refractivity contribution in [3.63, 3.8) is 0 Å². The second kappa shape index (κ2) is 5.06. The fourth-order valence-electron chi connectivity index (χ4n) is 0.416. The van der Waals surface area contributed by atoms with E-state index in [1.807, 2.05) is 0 Å². The van der Waals surface area contributed by atoms with Crippen LogP contribution in [0.5, 0.6) is 0 Å². The molecule has 2 nitrogen and oxygen atoms in total. The third-order valence-corrected chi connectivity index (χ3v) is 0.979. The molecule has 1 aliphatic heterocycles. The molecule has 1 aliphatic rings. The number of rotatable bonds is 1. The van der Waals surface area contributed by atoms with Gasteiger partial charge in [0.15, 0.2) is 0 Å². The van der Waals surface area contributed by atoms with Crippen LogP contribution in [0.15, 0.2) is 0 Å². The Balaban J connectivity index is 0.000000222. The first-order valence-electron chi connectivity index (χ1n) is 2.84. The summed E-state index contributed by atoms with van der Waals surface area (Å²) in [5.74, 6) is 0. The van der Waals surface area contributed by atoms with Crippen LogP contribution in [0.25, 0.3) is 0 Å². The normalized spacial score (nSPS) is 25.1. The van der Waals surface area contributed by atoms with Crippen molar-refractivity contribution in [1.29, 1.82) is 0 Å². The van der Waals surface area contributed by atoms with E-state index < -0.39 is 0 Å². The van der Waals surface area contributed by atoms with E-state index in [0.717, 1.165) is 13.0 Å². The van der Waals surface area contributed by atoms with Crippen molar-refractivity contribution in [1.82, 2.24) is 0 Å². The van der Waals surface area contributed by atoms with Gasteiger partial charge in [-0.1, -0.05) is 13.8 Å². The maximum Gasteiger partial charge on any atom is 0.108 e. The molecule has 1 atom stereocenters. The number of ether oxygens (including phenoxy) is 1. The van der Waals surface area contributed by atoms with E-state index in [2.05, 4.69) is 6.92 Å². The van der Waals surface area contributed by atoms with Gasteiger partial charge in [-0.2, -0.15) is 0 Å². The molecule has 48 valence electrons. The molecule has 0 aromatic heterocycles. The molecular weight excluding hydrogens is 104 g/mol. The second-order valence-electron chi connectivity index (χ2n) is 1.45. The third kappa shape index (κ3) is 2.28. The van der Waals surface area contributed by atoms with E-state index in [-0.39, 0.29) is 12.7 Å². The highest BCUT2D eigenvalue weighted by Gasteiger charge is 2.16. The zero-order valence-corrected chi connectivity index (χ0v) is 5.22. The highest BCUT2D eigenvalue weighted by molar-refractivity contribution is 4.62. The first kappa shape index (κ1) is 7.92. The van der Waals surface area contributed by atoms with Crippen LogP contribution in [0.3, 0.4) is 0 Å². The zero-order chi connectivity index (χ0) is 6.41. The summed E-state index contributed by atoms with van der Waals surface area (Å²) in [6, 6.07) is 0. The summed E-state index contributed by atoms with van der Waals surface area (Å²) in [6.07, 6.45) is 1.04. The van der Waals surface area contributed by atoms with Crippen molar-refractivity contribution >= 4 is 0 Å². The Bertz CT molecular complexity index is 39.0. The maximum atomic E-state index is 9.79. The summed E-state index contributed by atoms with van der Waals surface area (Å²) in [5, 5.41) is 9.79. The molecule has 1 rings (SSSR count). The predicted octanol–water partition coefficient (Wildman–Crippen LogP) is 1.05. The molecule has 0 N–H and O–H groups in total. The van der Waals surface area contributed by atoms with Crippen LogP contribution in [0.1, 0.15) is 13.3 Å². The highest BCUT2D eigenvalue weighted by atomic mass is 16.5. The molecule has 1 heterocycles. The van der Waals surface area contributed by atoms with Gasteiger partial charge in [-0.15, -0.1) is 0 Å². The Morgan fingerprint density at radius 2 is 2.25 bits per heavy atom. The van der Waals surface area contributed by atoms with Crippen molar-refractivity contribution in [2.75, 3.05) is 13.2 Å². The Morgan fingerprint density at radius 3 is 2.25 bits per heavy atom. The molecule has 0 aliphatic carbocycles. The lowest BCUT2D eigenvalue weighted by atomic mass is 10.2. The molecule has 0 amide bonds. The highest BCUT2D eigenvalue weighted by Crippen LogP contribution is 2.08. The molecule has 2 radical (unpaired) electrons. The third-order valence-electron chi connectivity index (χ3n) is 0.979. The molecule has 0 aromatic rings. The van der Waals surface area contributed by atoms with Gasteiger partial charge in [-0.3, -0.25) is 0 Å². The Kier molecular flexibility index (Phi) is 5.01. The molecule has 1 saturated heterocycles. The van der Waals surface area contributed by atoms with Gasteiger partial charge in [-0.25, -0.2) is 5.11 Å². The molecule has 0 aromatic carbocycles. The quantitative estimate of drug-likeness (QED) is 0.503. The summed E-state index contributed by atoms with van der Waals surface area (Å²) >= 11 is 0. The SMILES string of the molecule is [CH2]C.[O]CC1CCO1. The van der Waals surface area contributed by atoms with Gasteiger partial charge in [0.1, 0.15) is 6.61 Å². The molecule has 1 unspecified atom stereocenters. The van der Waals surface area contributed by atoms with Crippen LogP contribution in [0, 0.1) is 6.92 Å². The van der Waals surface area contributed by atoms with Crippen LogP contribution >= 0.6 is 0 Å². The van der Waals surface area contributed by atoms with Crippen molar-refractivity contribution < 1.29 is 9.84 Å². The van der Waals surface area contributed by atoms with Gasteiger partial charge in [0, 0.05) is 6.61 Å². The lowest BCUT2D eigenvalue weighted by Crippen LogP contribution is -2.29. The van der Waals surface area contributed by atoms with Gasteiger partial charge >= 0.3 is 0 Å². The summed E-state index contributed by atoms with van der Waals surface area (Å²) in [5.41, 5.74) is 0. The molecule has 0 bridgehead atoms. The Labute approximate surface area is 50.5 Å². The average Bonchev–Trinajstić information content (AvgIpc) is 1.69. The van der Waals surface area contributed by atoms with Crippen LogP contribution in [0.2, 0.25) is 0 Å². The standard InChI is InChI=1S/C4H7O2.C2H5/c5-3-4-1-2-6-4;1-2/h4H,1-3H2;1H2,2H3. The summed E-state index contributed by atoms with van der Waals surface area (Å²) in [4.78, 5) is 0. The van der Waals surface area contributed by atoms with Crippen LogP contribution < -0.4 is 0 Å². The zero-order valence-electron chi connectivity index (χ0n) is 5.22. The van der Waals surface area contributed by atoms with E-state index in [1.165, 1.54) is 0 Å². The average molecular weight is 116 g/mol. The van der Waals surface area contributed by atoms with Gasteiger partial charge in [0.2, 0.25) is 0 Å². The lowest BCUT2D eigenvalue weighted by Gasteiger charge is -2.22. The van der Waals surface area contributed by atoms with Crippen LogP contribution in [0.4, 0.5) is 0 Å². The fraction of sp³-hybridized carbons (Fsp3) is 0.833. The van der Waals surface area contributed by atoms with Crippen LogP contribution in [-0.2, 0) is 9.84 Å². The van der Waals surface area contributed by atoms with Gasteiger partial charge in [0.05, 0.1) is 6.10 Å². The predicted molar refractivity (Wildman–Crippen MR) is 30.9 cm³/mol. The maximum absolute atomic E-state index is 9.79. The van der Waals surface area contributed by atoms with E-state index in [4.69, 9.17) is 4.74 Å². The van der Waals surface area contributed by atoms with E-state index in [9.17, 15) is 5.11 Å². The lowest BCUT2D eigenvalue weighted by molar-refractivity contribution is -0.0911. The van der Waals surface area contributed by atoms with Crippen molar-refractivity contribution in [3.8, 4) is 0 Å². The molecular formula is C6H12O2. The summed E-state index contributed by atoms with van der Waals surface area (Å²) in [6.45, 7) is 5.74. The van der Waals surface area contributed by atoms with E-state index in [0.29, 0.717) is 0 Å². The smallest absolute Gasteiger partial charge is 0.108 e. The minimum absolute atomic E-state index is 0.0556. The van der Waals surface area contributed by atoms with Gasteiger partial charge in [-0.05, 0) is 6.42 Å². The molecule has 0 spiro atoms.